The van der Waals surface area contributed by atoms with Gasteiger partial charge in [0, 0.05) is 10.4 Å². The Kier molecular flexibility index (Phi) is 1.85. The Morgan fingerprint density at radius 2 is 2.08 bits per heavy atom. The van der Waals surface area contributed by atoms with Crippen molar-refractivity contribution in [2.75, 3.05) is 5.73 Å². The van der Waals surface area contributed by atoms with Crippen molar-refractivity contribution < 1.29 is 0 Å². The number of rotatable bonds is 0. The molecule has 2 rings (SSSR count). The molecule has 0 saturated heterocycles. The van der Waals surface area contributed by atoms with Crippen LogP contribution in [-0.4, -0.2) is 4.98 Å². The Morgan fingerprint density at radius 1 is 1.31 bits per heavy atom. The van der Waals surface area contributed by atoms with Crippen LogP contribution in [-0.2, 0) is 0 Å². The average molecular weight is 193 g/mol. The van der Waals surface area contributed by atoms with Crippen LogP contribution >= 0.6 is 11.6 Å². The largest absolute Gasteiger partial charge is 0.384 e. The van der Waals surface area contributed by atoms with E-state index in [4.69, 9.17) is 17.3 Å². The molecule has 0 spiro atoms. The van der Waals surface area contributed by atoms with Gasteiger partial charge >= 0.3 is 0 Å². The van der Waals surface area contributed by atoms with E-state index >= 15 is 0 Å². The monoisotopic (exact) mass is 192 g/mol. The third kappa shape index (κ3) is 1.45. The highest BCUT2D eigenvalue weighted by molar-refractivity contribution is 6.31. The van der Waals surface area contributed by atoms with Crippen LogP contribution in [0.2, 0.25) is 5.02 Å². The van der Waals surface area contributed by atoms with Gasteiger partial charge in [0.25, 0.3) is 0 Å². The van der Waals surface area contributed by atoms with Crippen molar-refractivity contribution in [3.63, 3.8) is 0 Å². The van der Waals surface area contributed by atoms with Crippen LogP contribution in [0.4, 0.5) is 5.82 Å². The third-order valence-electron chi connectivity index (χ3n) is 2.00. The standard InChI is InChI=1S/C10H9ClN2/c1-6-4-10(12)13-9-5-7(11)2-3-8(6)9/h2-5H,1H3,(H2,12,13). The van der Waals surface area contributed by atoms with Crippen molar-refractivity contribution in [3.05, 3.63) is 34.9 Å². The van der Waals surface area contributed by atoms with E-state index in [1.54, 1.807) is 0 Å². The molecule has 66 valence electrons. The summed E-state index contributed by atoms with van der Waals surface area (Å²) in [5.74, 6) is 0.535. The number of halogens is 1. The first-order chi connectivity index (χ1) is 6.16. The van der Waals surface area contributed by atoms with Gasteiger partial charge in [-0.3, -0.25) is 0 Å². The molecule has 2 nitrogen and oxygen atoms in total. The number of pyridine rings is 1. The van der Waals surface area contributed by atoms with Gasteiger partial charge in [0.05, 0.1) is 5.52 Å². The lowest BCUT2D eigenvalue weighted by Gasteiger charge is -2.02. The SMILES string of the molecule is Cc1cc(N)nc2cc(Cl)ccc12. The fraction of sp³-hybridized carbons (Fsp3) is 0.100. The summed E-state index contributed by atoms with van der Waals surface area (Å²) in [4.78, 5) is 4.19. The number of benzene rings is 1. The van der Waals surface area contributed by atoms with E-state index in [1.807, 2.05) is 31.2 Å². The highest BCUT2D eigenvalue weighted by Crippen LogP contribution is 2.21. The second-order valence-corrected chi connectivity index (χ2v) is 3.46. The summed E-state index contributed by atoms with van der Waals surface area (Å²) < 4.78 is 0. The number of hydrogen-bond acceptors (Lipinski definition) is 2. The third-order valence-corrected chi connectivity index (χ3v) is 2.23. The first-order valence-electron chi connectivity index (χ1n) is 3.99. The van der Waals surface area contributed by atoms with Crippen LogP contribution in [0.1, 0.15) is 5.56 Å². The van der Waals surface area contributed by atoms with Crippen molar-refractivity contribution >= 4 is 28.3 Å². The maximum absolute atomic E-state index is 5.84. The minimum absolute atomic E-state index is 0.535. The van der Waals surface area contributed by atoms with Gasteiger partial charge in [0.15, 0.2) is 0 Å². The summed E-state index contributed by atoms with van der Waals surface area (Å²) in [7, 11) is 0. The highest BCUT2D eigenvalue weighted by Gasteiger charge is 2.00. The van der Waals surface area contributed by atoms with E-state index in [0.717, 1.165) is 16.5 Å². The number of fused-ring (bicyclic) bond motifs is 1. The lowest BCUT2D eigenvalue weighted by molar-refractivity contribution is 1.37. The smallest absolute Gasteiger partial charge is 0.124 e. The molecule has 0 fully saturated rings. The minimum Gasteiger partial charge on any atom is -0.384 e. The van der Waals surface area contributed by atoms with Gasteiger partial charge in [-0.1, -0.05) is 17.7 Å². The van der Waals surface area contributed by atoms with Crippen LogP contribution in [0.15, 0.2) is 24.3 Å². The molecular formula is C10H9ClN2. The van der Waals surface area contributed by atoms with Gasteiger partial charge in [0.2, 0.25) is 0 Å². The van der Waals surface area contributed by atoms with Crippen molar-refractivity contribution in [2.45, 2.75) is 6.92 Å². The summed E-state index contributed by atoms with van der Waals surface area (Å²) >= 11 is 5.84. The van der Waals surface area contributed by atoms with Gasteiger partial charge in [-0.2, -0.15) is 0 Å². The highest BCUT2D eigenvalue weighted by atomic mass is 35.5. The van der Waals surface area contributed by atoms with Gasteiger partial charge in [0.1, 0.15) is 5.82 Å². The molecule has 0 saturated carbocycles. The Balaban J connectivity index is 2.86. The zero-order valence-corrected chi connectivity index (χ0v) is 7.97. The molecule has 0 radical (unpaired) electrons. The van der Waals surface area contributed by atoms with E-state index in [9.17, 15) is 0 Å². The molecule has 2 aromatic rings. The topological polar surface area (TPSA) is 38.9 Å². The van der Waals surface area contributed by atoms with Crippen molar-refractivity contribution in [1.29, 1.82) is 0 Å². The van der Waals surface area contributed by atoms with Crippen LogP contribution in [0.5, 0.6) is 0 Å². The summed E-state index contributed by atoms with van der Waals surface area (Å²) in [5.41, 5.74) is 7.60. The van der Waals surface area contributed by atoms with E-state index in [0.29, 0.717) is 10.8 Å². The number of hydrogen-bond donors (Lipinski definition) is 1. The number of nitrogens with two attached hydrogens (primary N) is 1. The van der Waals surface area contributed by atoms with Gasteiger partial charge < -0.3 is 5.73 Å². The summed E-state index contributed by atoms with van der Waals surface area (Å²) in [5, 5.41) is 1.78. The Hall–Kier alpha value is -1.28. The molecule has 0 aliphatic carbocycles. The molecule has 1 aromatic carbocycles. The molecule has 0 aliphatic rings. The summed E-state index contributed by atoms with van der Waals surface area (Å²) in [6, 6.07) is 7.49. The molecule has 13 heavy (non-hydrogen) atoms. The van der Waals surface area contributed by atoms with E-state index < -0.39 is 0 Å². The lowest BCUT2D eigenvalue weighted by Crippen LogP contribution is -1.92. The maximum atomic E-state index is 5.84. The van der Waals surface area contributed by atoms with E-state index in [1.165, 1.54) is 0 Å². The molecule has 1 heterocycles. The molecule has 3 heteroatoms. The molecule has 2 N–H and O–H groups in total. The number of nitrogen functional groups attached to an aromatic ring is 1. The zero-order chi connectivity index (χ0) is 9.42. The van der Waals surface area contributed by atoms with Crippen LogP contribution in [0, 0.1) is 6.92 Å². The second-order valence-electron chi connectivity index (χ2n) is 3.03. The second kappa shape index (κ2) is 2.89. The normalized spacial score (nSPS) is 10.6. The lowest BCUT2D eigenvalue weighted by atomic mass is 10.1. The van der Waals surface area contributed by atoms with E-state index in [2.05, 4.69) is 4.98 Å². The predicted molar refractivity (Wildman–Crippen MR) is 55.9 cm³/mol. The molecule has 0 amide bonds. The fourth-order valence-corrected chi connectivity index (χ4v) is 1.57. The number of nitrogens with zero attached hydrogens (tertiary/aromatic N) is 1. The Bertz CT molecular complexity index is 460. The summed E-state index contributed by atoms with van der Waals surface area (Å²) in [6.07, 6.45) is 0. The number of aryl methyl sites for hydroxylation is 1. The van der Waals surface area contributed by atoms with E-state index in [-0.39, 0.29) is 0 Å². The van der Waals surface area contributed by atoms with Gasteiger partial charge in [-0.05, 0) is 30.7 Å². The molecule has 0 unspecified atom stereocenters. The predicted octanol–water partition coefficient (Wildman–Crippen LogP) is 2.78. The average Bonchev–Trinajstić information content (AvgIpc) is 2.02. The minimum atomic E-state index is 0.535. The number of anilines is 1. The molecular weight excluding hydrogens is 184 g/mol. The molecule has 0 atom stereocenters. The van der Waals surface area contributed by atoms with Crippen LogP contribution in [0.3, 0.4) is 0 Å². The Labute approximate surface area is 81.3 Å². The van der Waals surface area contributed by atoms with Gasteiger partial charge in [-0.15, -0.1) is 0 Å². The molecule has 1 aromatic heterocycles. The first kappa shape index (κ1) is 8.32. The van der Waals surface area contributed by atoms with Crippen LogP contribution < -0.4 is 5.73 Å². The first-order valence-corrected chi connectivity index (χ1v) is 4.37. The zero-order valence-electron chi connectivity index (χ0n) is 7.21. The Morgan fingerprint density at radius 3 is 2.85 bits per heavy atom. The quantitative estimate of drug-likeness (QED) is 0.697. The van der Waals surface area contributed by atoms with Crippen molar-refractivity contribution in [1.82, 2.24) is 4.98 Å². The molecule has 0 bridgehead atoms. The van der Waals surface area contributed by atoms with Crippen molar-refractivity contribution in [2.24, 2.45) is 0 Å². The fourth-order valence-electron chi connectivity index (χ4n) is 1.40. The summed E-state index contributed by atoms with van der Waals surface area (Å²) in [6.45, 7) is 2.01. The maximum Gasteiger partial charge on any atom is 0.124 e. The van der Waals surface area contributed by atoms with Crippen LogP contribution in [0.25, 0.3) is 10.9 Å². The van der Waals surface area contributed by atoms with Crippen molar-refractivity contribution in [3.8, 4) is 0 Å². The molecule has 0 aliphatic heterocycles. The number of aromatic nitrogens is 1. The van der Waals surface area contributed by atoms with Gasteiger partial charge in [-0.25, -0.2) is 4.98 Å².